The molecule has 0 amide bonds. The summed E-state index contributed by atoms with van der Waals surface area (Å²) in [5, 5.41) is 0. The number of ether oxygens (including phenoxy) is 4. The number of anilines is 4. The van der Waals surface area contributed by atoms with Crippen LogP contribution in [-0.4, -0.2) is 34.2 Å². The number of halogens is 3. The van der Waals surface area contributed by atoms with E-state index in [2.05, 4.69) is 92.8 Å². The first kappa shape index (κ1) is 38.8. The molecular weight excluding hydrogens is 814 g/mol. The standard InChI is InChI=1S/2C14H17IN4O2.CH4.ClH/c2*1-7(2)8-4-11(20-3)9(15)5-10(8)21-12-6-18-14(17)19-13(12)16;;/h2*4-7H,1-3H3,(H4,16,17,18,19);1H4;1H. The molecule has 0 bridgehead atoms. The van der Waals surface area contributed by atoms with E-state index in [1.807, 2.05) is 24.3 Å². The third kappa shape index (κ3) is 9.88. The van der Waals surface area contributed by atoms with Gasteiger partial charge in [0.1, 0.15) is 23.0 Å². The van der Waals surface area contributed by atoms with E-state index < -0.39 is 0 Å². The number of nitrogens with two attached hydrogens (primary N) is 4. The molecule has 0 saturated heterocycles. The highest BCUT2D eigenvalue weighted by molar-refractivity contribution is 14.1. The van der Waals surface area contributed by atoms with Crippen molar-refractivity contribution < 1.29 is 18.9 Å². The average Bonchev–Trinajstić information content (AvgIpc) is 2.92. The molecule has 12 nitrogen and oxygen atoms in total. The minimum atomic E-state index is 0. The molecule has 0 saturated carbocycles. The monoisotopic (exact) mass is 852 g/mol. The second-order valence-electron chi connectivity index (χ2n) is 9.52. The Hall–Kier alpha value is -3.25. The molecule has 15 heteroatoms. The second kappa shape index (κ2) is 17.3. The number of nitrogen functional groups attached to an aromatic ring is 4. The zero-order valence-corrected chi connectivity index (χ0v) is 29.6. The highest BCUT2D eigenvalue weighted by Crippen LogP contribution is 2.39. The first-order valence-corrected chi connectivity index (χ1v) is 14.9. The summed E-state index contributed by atoms with van der Waals surface area (Å²) in [4.78, 5) is 15.6. The summed E-state index contributed by atoms with van der Waals surface area (Å²) in [6.07, 6.45) is 2.94. The van der Waals surface area contributed by atoms with Crippen LogP contribution in [-0.2, 0) is 0 Å². The summed E-state index contributed by atoms with van der Waals surface area (Å²) < 4.78 is 24.3. The van der Waals surface area contributed by atoms with Gasteiger partial charge in [-0.3, -0.25) is 0 Å². The zero-order chi connectivity index (χ0) is 31.1. The van der Waals surface area contributed by atoms with Gasteiger partial charge in [-0.25, -0.2) is 9.97 Å². The van der Waals surface area contributed by atoms with Crippen molar-refractivity contribution in [3.63, 3.8) is 0 Å². The summed E-state index contributed by atoms with van der Waals surface area (Å²) in [5.41, 5.74) is 24.6. The minimum absolute atomic E-state index is 0. The molecule has 4 rings (SSSR count). The number of benzene rings is 2. The van der Waals surface area contributed by atoms with E-state index in [4.69, 9.17) is 41.9 Å². The van der Waals surface area contributed by atoms with Crippen molar-refractivity contribution in [2.24, 2.45) is 0 Å². The van der Waals surface area contributed by atoms with Crippen LogP contribution in [0.4, 0.5) is 23.5 Å². The number of nitrogens with zero attached hydrogens (tertiary/aromatic N) is 4. The van der Waals surface area contributed by atoms with E-state index in [0.29, 0.717) is 23.0 Å². The summed E-state index contributed by atoms with van der Waals surface area (Å²) in [7, 11) is 3.29. The van der Waals surface area contributed by atoms with Crippen LogP contribution in [0.1, 0.15) is 58.1 Å². The van der Waals surface area contributed by atoms with E-state index in [1.165, 1.54) is 12.4 Å². The van der Waals surface area contributed by atoms with Gasteiger partial charge in [0.2, 0.25) is 11.9 Å². The average molecular weight is 853 g/mol. The zero-order valence-electron chi connectivity index (χ0n) is 24.5. The van der Waals surface area contributed by atoms with Crippen LogP contribution in [0.25, 0.3) is 0 Å². The van der Waals surface area contributed by atoms with Gasteiger partial charge in [0.25, 0.3) is 0 Å². The lowest BCUT2D eigenvalue weighted by Gasteiger charge is -2.16. The normalized spacial score (nSPS) is 10.2. The molecular formula is C29H39ClI2N8O4. The Morgan fingerprint density at radius 2 is 0.932 bits per heavy atom. The molecule has 0 fully saturated rings. The van der Waals surface area contributed by atoms with Crippen LogP contribution in [0.5, 0.6) is 34.5 Å². The Bertz CT molecular complexity index is 1450. The van der Waals surface area contributed by atoms with Gasteiger partial charge in [0.05, 0.1) is 33.8 Å². The third-order valence-electron chi connectivity index (χ3n) is 5.86. The maximum atomic E-state index is 5.87. The van der Waals surface area contributed by atoms with Crippen LogP contribution in [0.2, 0.25) is 0 Å². The van der Waals surface area contributed by atoms with Gasteiger partial charge < -0.3 is 41.9 Å². The van der Waals surface area contributed by atoms with Crippen LogP contribution >= 0.6 is 57.6 Å². The van der Waals surface area contributed by atoms with Crippen LogP contribution in [0, 0.1) is 7.14 Å². The van der Waals surface area contributed by atoms with Crippen LogP contribution in [0.3, 0.4) is 0 Å². The van der Waals surface area contributed by atoms with Gasteiger partial charge in [-0.2, -0.15) is 9.97 Å². The first-order chi connectivity index (χ1) is 19.8. The molecule has 4 aromatic rings. The molecule has 2 aromatic carbocycles. The van der Waals surface area contributed by atoms with Gasteiger partial charge in [-0.05, 0) is 81.3 Å². The van der Waals surface area contributed by atoms with Crippen molar-refractivity contribution in [2.45, 2.75) is 47.0 Å². The smallest absolute Gasteiger partial charge is 0.222 e. The van der Waals surface area contributed by atoms with Gasteiger partial charge >= 0.3 is 0 Å². The first-order valence-electron chi connectivity index (χ1n) is 12.7. The lowest BCUT2D eigenvalue weighted by Crippen LogP contribution is -2.03. The molecule has 0 spiro atoms. The molecule has 44 heavy (non-hydrogen) atoms. The van der Waals surface area contributed by atoms with Crippen LogP contribution in [0.15, 0.2) is 36.7 Å². The maximum absolute atomic E-state index is 5.87. The van der Waals surface area contributed by atoms with E-state index >= 15 is 0 Å². The lowest BCUT2D eigenvalue weighted by molar-refractivity contribution is 0.407. The third-order valence-corrected chi connectivity index (χ3v) is 7.54. The molecule has 0 aliphatic carbocycles. The second-order valence-corrected chi connectivity index (χ2v) is 11.8. The van der Waals surface area contributed by atoms with E-state index in [1.54, 1.807) is 14.2 Å². The number of hydrogen-bond donors (Lipinski definition) is 4. The summed E-state index contributed by atoms with van der Waals surface area (Å²) >= 11 is 4.39. The van der Waals surface area contributed by atoms with Crippen molar-refractivity contribution in [1.29, 1.82) is 0 Å². The molecule has 0 radical (unpaired) electrons. The predicted octanol–water partition coefficient (Wildman–Crippen LogP) is 7.40. The van der Waals surface area contributed by atoms with Gasteiger partial charge in [-0.1, -0.05) is 35.1 Å². The molecule has 2 aromatic heterocycles. The largest absolute Gasteiger partial charge is 0.496 e. The minimum Gasteiger partial charge on any atom is -0.496 e. The molecule has 0 unspecified atom stereocenters. The molecule has 240 valence electrons. The highest BCUT2D eigenvalue weighted by Gasteiger charge is 2.17. The van der Waals surface area contributed by atoms with Crippen LogP contribution < -0.4 is 41.9 Å². The fourth-order valence-corrected chi connectivity index (χ4v) is 5.00. The number of aromatic nitrogens is 4. The van der Waals surface area contributed by atoms with Gasteiger partial charge in [0, 0.05) is 11.1 Å². The highest BCUT2D eigenvalue weighted by atomic mass is 127. The molecule has 0 aliphatic rings. The topological polar surface area (TPSA) is 193 Å². The Morgan fingerprint density at radius 1 is 0.591 bits per heavy atom. The van der Waals surface area contributed by atoms with E-state index in [-0.39, 0.29) is 55.2 Å². The van der Waals surface area contributed by atoms with Crippen molar-refractivity contribution in [3.8, 4) is 34.5 Å². The molecule has 2 heterocycles. The molecule has 0 atom stereocenters. The Kier molecular flexibility index (Phi) is 15.2. The molecule has 0 aliphatic heterocycles. The van der Waals surface area contributed by atoms with Gasteiger partial charge in [-0.15, -0.1) is 12.4 Å². The lowest BCUT2D eigenvalue weighted by atomic mass is 10.0. The van der Waals surface area contributed by atoms with Crippen molar-refractivity contribution >= 4 is 81.1 Å². The van der Waals surface area contributed by atoms with Gasteiger partial charge in [0.15, 0.2) is 23.1 Å². The summed E-state index contributed by atoms with van der Waals surface area (Å²) in [6, 6.07) is 7.75. The number of hydrogen-bond acceptors (Lipinski definition) is 12. The SMILES string of the molecule is C.COc1cc(C(C)C)c(Oc2cnc(N)nc2N)cc1I.COc1cc(C(C)C)c(Oc2cnc(N)nc2N)cc1I.Cl. The Balaban J connectivity index is 0.000000421. The Morgan fingerprint density at radius 3 is 1.20 bits per heavy atom. The maximum Gasteiger partial charge on any atom is 0.222 e. The quantitative estimate of drug-likeness (QED) is 0.129. The van der Waals surface area contributed by atoms with E-state index in [0.717, 1.165) is 29.8 Å². The predicted molar refractivity (Wildman–Crippen MR) is 195 cm³/mol. The Labute approximate surface area is 291 Å². The number of rotatable bonds is 8. The fraction of sp³-hybridized carbons (Fsp3) is 0.310. The summed E-state index contributed by atoms with van der Waals surface area (Å²) in [5.74, 6) is 4.99. The number of methoxy groups -OCH3 is 2. The van der Waals surface area contributed by atoms with E-state index in [9.17, 15) is 0 Å². The molecule has 8 N–H and O–H groups in total. The van der Waals surface area contributed by atoms with Crippen molar-refractivity contribution in [2.75, 3.05) is 37.2 Å². The van der Waals surface area contributed by atoms with Crippen molar-refractivity contribution in [1.82, 2.24) is 19.9 Å². The summed E-state index contributed by atoms with van der Waals surface area (Å²) in [6.45, 7) is 8.32. The van der Waals surface area contributed by atoms with Crippen molar-refractivity contribution in [3.05, 3.63) is 54.9 Å². The fourth-order valence-electron chi connectivity index (χ4n) is 3.68.